The van der Waals surface area contributed by atoms with Crippen LogP contribution < -0.4 is 0 Å². The van der Waals surface area contributed by atoms with Gasteiger partial charge >= 0.3 is 0 Å². The molecule has 0 aromatic carbocycles. The second-order valence-electron chi connectivity index (χ2n) is 2.90. The van der Waals surface area contributed by atoms with Crippen LogP contribution in [0.5, 0.6) is 0 Å². The predicted molar refractivity (Wildman–Crippen MR) is 49.9 cm³/mol. The molecule has 3 atom stereocenters. The molecule has 0 aliphatic carbocycles. The van der Waals surface area contributed by atoms with Gasteiger partial charge in [-0.1, -0.05) is 0 Å². The Kier molecular flexibility index (Phi) is 6.52. The summed E-state index contributed by atoms with van der Waals surface area (Å²) in [5.74, 6) is -0.426. The van der Waals surface area contributed by atoms with Crippen LogP contribution in [-0.2, 0) is 14.3 Å². The molecule has 3 N–H and O–H groups in total. The van der Waals surface area contributed by atoms with Crippen molar-refractivity contribution < 1.29 is 29.6 Å². The first-order valence-corrected chi connectivity index (χ1v) is 4.27. The highest BCUT2D eigenvalue weighted by Gasteiger charge is 2.27. The van der Waals surface area contributed by atoms with Crippen molar-refractivity contribution in [1.82, 2.24) is 0 Å². The number of aliphatic hydroxyl groups is 3. The molecule has 0 saturated carbocycles. The normalized spacial score (nSPS) is 28.4. The minimum absolute atomic E-state index is 0.278. The number of Topliss-reactive ketones (excluding diaryl/α,β-unsaturated/α-hetero) is 1. The fourth-order valence-corrected chi connectivity index (χ4v) is 0.792. The summed E-state index contributed by atoms with van der Waals surface area (Å²) >= 11 is 0. The molecule has 0 aromatic rings. The zero-order valence-electron chi connectivity index (χ0n) is 8.24. The molecule has 0 amide bonds. The number of ether oxygens (including phenoxy) is 1. The van der Waals surface area contributed by atoms with Gasteiger partial charge in [-0.05, 0) is 6.08 Å². The van der Waals surface area contributed by atoms with Crippen molar-refractivity contribution in [2.24, 2.45) is 0 Å². The Hall–Kier alpha value is -1.24. The lowest BCUT2D eigenvalue weighted by Crippen LogP contribution is -2.42. The third-order valence-corrected chi connectivity index (χ3v) is 1.61. The van der Waals surface area contributed by atoms with Crippen molar-refractivity contribution >= 4 is 12.1 Å². The fraction of sp³-hybridized carbons (Fsp3) is 0.556. The highest BCUT2D eigenvalue weighted by molar-refractivity contribution is 6.23. The van der Waals surface area contributed by atoms with Crippen molar-refractivity contribution in [3.05, 3.63) is 12.3 Å². The maximum Gasteiger partial charge on any atom is 0.192 e. The van der Waals surface area contributed by atoms with E-state index < -0.39 is 24.1 Å². The molecule has 15 heavy (non-hydrogen) atoms. The summed E-state index contributed by atoms with van der Waals surface area (Å²) in [5.41, 5.74) is 0. The first-order valence-electron chi connectivity index (χ1n) is 4.27. The molecule has 1 aliphatic rings. The van der Waals surface area contributed by atoms with Gasteiger partial charge in [0.15, 0.2) is 12.1 Å². The number of rotatable bonds is 2. The van der Waals surface area contributed by atoms with Crippen molar-refractivity contribution in [3.63, 3.8) is 0 Å². The van der Waals surface area contributed by atoms with Crippen LogP contribution in [0.4, 0.5) is 0 Å². The van der Waals surface area contributed by atoms with E-state index in [0.29, 0.717) is 0 Å². The van der Waals surface area contributed by atoms with Crippen LogP contribution in [0.25, 0.3) is 0 Å². The predicted octanol–water partition coefficient (Wildman–Crippen LogP) is -1.61. The molecule has 6 heteroatoms. The monoisotopic (exact) mass is 218 g/mol. The van der Waals surface area contributed by atoms with E-state index in [-0.39, 0.29) is 12.9 Å². The molecule has 86 valence electrons. The van der Waals surface area contributed by atoms with Gasteiger partial charge < -0.3 is 20.1 Å². The minimum Gasteiger partial charge on any atom is -0.493 e. The molecule has 1 heterocycles. The summed E-state index contributed by atoms with van der Waals surface area (Å²) in [4.78, 5) is 18.6. The van der Waals surface area contributed by atoms with Gasteiger partial charge in [-0.25, -0.2) is 0 Å². The van der Waals surface area contributed by atoms with E-state index in [1.165, 1.54) is 19.3 Å². The highest BCUT2D eigenvalue weighted by atomic mass is 16.5. The van der Waals surface area contributed by atoms with Gasteiger partial charge in [0.1, 0.15) is 18.3 Å². The maximum absolute atomic E-state index is 9.44. The van der Waals surface area contributed by atoms with Crippen LogP contribution in [0.1, 0.15) is 6.92 Å². The molecule has 0 spiro atoms. The lowest BCUT2D eigenvalue weighted by Gasteiger charge is -2.26. The number of aldehydes is 1. The van der Waals surface area contributed by atoms with Gasteiger partial charge in [0.05, 0.1) is 12.9 Å². The molecular formula is C9H14O6. The van der Waals surface area contributed by atoms with Crippen LogP contribution in [0, 0.1) is 0 Å². The zero-order chi connectivity index (χ0) is 11.8. The van der Waals surface area contributed by atoms with Crippen molar-refractivity contribution in [2.75, 3.05) is 6.61 Å². The molecule has 0 aromatic heterocycles. The van der Waals surface area contributed by atoms with Gasteiger partial charge in [-0.3, -0.25) is 9.59 Å². The Morgan fingerprint density at radius 2 is 2.07 bits per heavy atom. The topological polar surface area (TPSA) is 104 Å². The van der Waals surface area contributed by atoms with E-state index in [1.807, 2.05) is 0 Å². The summed E-state index contributed by atoms with van der Waals surface area (Å²) < 4.78 is 4.77. The summed E-state index contributed by atoms with van der Waals surface area (Å²) in [6, 6.07) is 0. The molecule has 0 bridgehead atoms. The van der Waals surface area contributed by atoms with Crippen LogP contribution in [0.2, 0.25) is 0 Å². The largest absolute Gasteiger partial charge is 0.493 e. The Morgan fingerprint density at radius 3 is 2.40 bits per heavy atom. The third-order valence-electron chi connectivity index (χ3n) is 1.61. The van der Waals surface area contributed by atoms with E-state index in [1.54, 1.807) is 0 Å². The lowest BCUT2D eigenvalue weighted by atomic mass is 10.1. The number of hydrogen-bond acceptors (Lipinski definition) is 6. The maximum atomic E-state index is 9.44. The summed E-state index contributed by atoms with van der Waals surface area (Å²) in [5, 5.41) is 26.6. The zero-order valence-corrected chi connectivity index (χ0v) is 8.24. The number of carbonyl (C=O) groups excluding carboxylic acids is 2. The van der Waals surface area contributed by atoms with Crippen LogP contribution in [0.15, 0.2) is 12.3 Å². The van der Waals surface area contributed by atoms with E-state index in [9.17, 15) is 4.79 Å². The van der Waals surface area contributed by atoms with Gasteiger partial charge in [0.2, 0.25) is 0 Å². The third kappa shape index (κ3) is 5.26. The Morgan fingerprint density at radius 1 is 1.53 bits per heavy atom. The lowest BCUT2D eigenvalue weighted by molar-refractivity contribution is -0.128. The summed E-state index contributed by atoms with van der Waals surface area (Å²) in [7, 11) is 0. The average Bonchev–Trinajstić information content (AvgIpc) is 2.23. The summed E-state index contributed by atoms with van der Waals surface area (Å²) in [6.07, 6.45) is 0.246. The number of ketones is 1. The molecule has 0 radical (unpaired) electrons. The number of hydrogen-bond donors (Lipinski definition) is 3. The highest BCUT2D eigenvalue weighted by Crippen LogP contribution is 2.10. The smallest absolute Gasteiger partial charge is 0.192 e. The van der Waals surface area contributed by atoms with Gasteiger partial charge in [-0.15, -0.1) is 0 Å². The first kappa shape index (κ1) is 13.8. The van der Waals surface area contributed by atoms with E-state index >= 15 is 0 Å². The van der Waals surface area contributed by atoms with E-state index in [0.717, 1.165) is 0 Å². The average molecular weight is 218 g/mol. The summed E-state index contributed by atoms with van der Waals surface area (Å²) in [6.45, 7) is 0.926. The van der Waals surface area contributed by atoms with Gasteiger partial charge in [0.25, 0.3) is 0 Å². The SMILES string of the molecule is CC(=O)C=O.OC[C@H]1OC=C[C@@H](O)[C@H]1O. The Labute approximate surface area is 86.8 Å². The van der Waals surface area contributed by atoms with Crippen molar-refractivity contribution in [2.45, 2.75) is 25.2 Å². The second-order valence-corrected chi connectivity index (χ2v) is 2.90. The van der Waals surface area contributed by atoms with Gasteiger partial charge in [0, 0.05) is 6.92 Å². The first-order chi connectivity index (χ1) is 7.02. The molecule has 1 rings (SSSR count). The molecule has 6 nitrogen and oxygen atoms in total. The standard InChI is InChI=1S/C6H10O4.C3H4O2/c7-3-5-6(9)4(8)1-2-10-5;1-3(5)2-4/h1-2,4-9H,3H2;2H,1H3/t4-,5-,6-;/m1./s1. The minimum atomic E-state index is -1.02. The van der Waals surface area contributed by atoms with Crippen LogP contribution >= 0.6 is 0 Å². The van der Waals surface area contributed by atoms with E-state index in [4.69, 9.17) is 24.9 Å². The second kappa shape index (κ2) is 7.10. The van der Waals surface area contributed by atoms with Crippen molar-refractivity contribution in [1.29, 1.82) is 0 Å². The molecular weight excluding hydrogens is 204 g/mol. The molecule has 0 fully saturated rings. The molecule has 0 saturated heterocycles. The Balaban J connectivity index is 0.000000336. The van der Waals surface area contributed by atoms with Crippen molar-refractivity contribution in [3.8, 4) is 0 Å². The van der Waals surface area contributed by atoms with Crippen LogP contribution in [0.3, 0.4) is 0 Å². The van der Waals surface area contributed by atoms with Crippen LogP contribution in [-0.4, -0.2) is 52.3 Å². The number of carbonyl (C=O) groups is 2. The quantitative estimate of drug-likeness (QED) is 0.380. The molecule has 1 aliphatic heterocycles. The van der Waals surface area contributed by atoms with E-state index in [2.05, 4.69) is 0 Å². The molecule has 0 unspecified atom stereocenters. The van der Waals surface area contributed by atoms with Gasteiger partial charge in [-0.2, -0.15) is 0 Å². The Bertz CT molecular complexity index is 237. The number of aliphatic hydroxyl groups excluding tert-OH is 3. The fourth-order valence-electron chi connectivity index (χ4n) is 0.792.